The second-order valence-corrected chi connectivity index (χ2v) is 5.04. The lowest BCUT2D eigenvalue weighted by Crippen LogP contribution is -2.21. The molecule has 0 aromatic heterocycles. The van der Waals surface area contributed by atoms with Crippen LogP contribution in [0.3, 0.4) is 0 Å². The summed E-state index contributed by atoms with van der Waals surface area (Å²) in [4.78, 5) is 2.50. The zero-order valence-corrected chi connectivity index (χ0v) is 9.76. The SMILES string of the molecule is C1=CC(C23C=Cc4ccccc4N2C3)=CCC1. The Hall–Kier alpha value is -1.76. The average Bonchev–Trinajstić information content (AvgIpc) is 3.16. The van der Waals surface area contributed by atoms with Gasteiger partial charge < -0.3 is 4.90 Å². The minimum atomic E-state index is 0.186. The van der Waals surface area contributed by atoms with Gasteiger partial charge in [-0.3, -0.25) is 0 Å². The second-order valence-electron chi connectivity index (χ2n) is 5.04. The summed E-state index contributed by atoms with van der Waals surface area (Å²) in [5, 5.41) is 0. The van der Waals surface area contributed by atoms with Crippen molar-refractivity contribution in [3.05, 3.63) is 59.7 Å². The normalized spacial score (nSPS) is 28.5. The van der Waals surface area contributed by atoms with Crippen molar-refractivity contribution in [2.24, 2.45) is 0 Å². The van der Waals surface area contributed by atoms with Crippen LogP contribution >= 0.6 is 0 Å². The maximum atomic E-state index is 2.50. The summed E-state index contributed by atoms with van der Waals surface area (Å²) < 4.78 is 0. The van der Waals surface area contributed by atoms with Crippen molar-refractivity contribution in [1.29, 1.82) is 0 Å². The molecule has 3 aliphatic rings. The Kier molecular flexibility index (Phi) is 1.71. The number of fused-ring (bicyclic) bond motifs is 3. The predicted octanol–water partition coefficient (Wildman–Crippen LogP) is 3.55. The molecule has 17 heavy (non-hydrogen) atoms. The number of allylic oxidation sites excluding steroid dienone is 2. The third kappa shape index (κ3) is 1.20. The number of hydrogen-bond donors (Lipinski definition) is 0. The lowest BCUT2D eigenvalue weighted by molar-refractivity contribution is 0.916. The van der Waals surface area contributed by atoms with Crippen LogP contribution in [-0.2, 0) is 0 Å². The highest BCUT2D eigenvalue weighted by Crippen LogP contribution is 2.50. The minimum Gasteiger partial charge on any atom is -0.353 e. The van der Waals surface area contributed by atoms with Gasteiger partial charge in [0.15, 0.2) is 0 Å². The quantitative estimate of drug-likeness (QED) is 0.655. The first-order chi connectivity index (χ1) is 8.40. The minimum absolute atomic E-state index is 0.186. The van der Waals surface area contributed by atoms with Crippen molar-refractivity contribution in [1.82, 2.24) is 0 Å². The van der Waals surface area contributed by atoms with Gasteiger partial charge in [-0.1, -0.05) is 48.6 Å². The maximum absolute atomic E-state index is 2.50. The van der Waals surface area contributed by atoms with E-state index in [2.05, 4.69) is 59.5 Å². The fraction of sp³-hybridized carbons (Fsp3) is 0.250. The molecule has 1 aromatic carbocycles. The van der Waals surface area contributed by atoms with Crippen molar-refractivity contribution >= 4 is 11.8 Å². The van der Waals surface area contributed by atoms with Crippen LogP contribution in [0.1, 0.15) is 18.4 Å². The summed E-state index contributed by atoms with van der Waals surface area (Å²) in [5.41, 5.74) is 4.40. The van der Waals surface area contributed by atoms with E-state index < -0.39 is 0 Å². The number of benzene rings is 1. The van der Waals surface area contributed by atoms with Crippen LogP contribution in [-0.4, -0.2) is 12.1 Å². The van der Waals surface area contributed by atoms with Crippen molar-refractivity contribution < 1.29 is 0 Å². The maximum Gasteiger partial charge on any atom is 0.101 e. The van der Waals surface area contributed by atoms with Crippen LogP contribution in [0.5, 0.6) is 0 Å². The summed E-state index contributed by atoms with van der Waals surface area (Å²) >= 11 is 0. The van der Waals surface area contributed by atoms with Gasteiger partial charge in [0.1, 0.15) is 5.54 Å². The monoisotopic (exact) mass is 221 g/mol. The summed E-state index contributed by atoms with van der Waals surface area (Å²) in [6.07, 6.45) is 14.0. The number of hydrogen-bond acceptors (Lipinski definition) is 1. The molecular formula is C16H15N. The van der Waals surface area contributed by atoms with E-state index >= 15 is 0 Å². The van der Waals surface area contributed by atoms with Gasteiger partial charge in [0.2, 0.25) is 0 Å². The zero-order valence-electron chi connectivity index (χ0n) is 9.76. The molecule has 2 aliphatic heterocycles. The summed E-state index contributed by atoms with van der Waals surface area (Å²) in [5.74, 6) is 0. The molecule has 1 aliphatic carbocycles. The molecule has 0 spiro atoms. The van der Waals surface area contributed by atoms with Gasteiger partial charge in [-0.05, 0) is 30.0 Å². The van der Waals surface area contributed by atoms with Crippen LogP contribution in [0, 0.1) is 0 Å². The second kappa shape index (κ2) is 3.13. The standard InChI is InChI=1S/C16H15N/c1-2-7-14(8-3-1)16-11-10-13-6-4-5-9-15(13)17(16)12-16/h2,4-11H,1,3,12H2. The van der Waals surface area contributed by atoms with E-state index in [0.29, 0.717) is 0 Å². The molecule has 1 atom stereocenters. The first-order valence-electron chi connectivity index (χ1n) is 6.33. The lowest BCUT2D eigenvalue weighted by atomic mass is 9.91. The van der Waals surface area contributed by atoms with E-state index in [1.165, 1.54) is 29.7 Å². The number of anilines is 1. The van der Waals surface area contributed by atoms with Crippen LogP contribution in [0.15, 0.2) is 54.1 Å². The average molecular weight is 221 g/mol. The third-order valence-electron chi connectivity index (χ3n) is 4.04. The smallest absolute Gasteiger partial charge is 0.101 e. The molecule has 1 saturated heterocycles. The van der Waals surface area contributed by atoms with E-state index in [-0.39, 0.29) is 5.54 Å². The molecule has 84 valence electrons. The summed E-state index contributed by atoms with van der Waals surface area (Å²) in [7, 11) is 0. The van der Waals surface area contributed by atoms with Crippen molar-refractivity contribution in [3.8, 4) is 0 Å². The highest BCUT2D eigenvalue weighted by atomic mass is 15.4. The summed E-state index contributed by atoms with van der Waals surface area (Å²) in [6, 6.07) is 8.67. The molecule has 1 aromatic rings. The van der Waals surface area contributed by atoms with Gasteiger partial charge in [-0.2, -0.15) is 0 Å². The van der Waals surface area contributed by atoms with E-state index in [4.69, 9.17) is 0 Å². The van der Waals surface area contributed by atoms with E-state index in [0.717, 1.165) is 6.54 Å². The molecule has 1 heteroatoms. The highest BCUT2D eigenvalue weighted by Gasteiger charge is 2.54. The molecule has 1 nitrogen and oxygen atoms in total. The van der Waals surface area contributed by atoms with Gasteiger partial charge in [0.25, 0.3) is 0 Å². The van der Waals surface area contributed by atoms with Gasteiger partial charge in [0.05, 0.1) is 6.54 Å². The van der Waals surface area contributed by atoms with E-state index in [1.807, 2.05) is 0 Å². The molecule has 1 fully saturated rings. The molecular weight excluding hydrogens is 206 g/mol. The summed E-state index contributed by atoms with van der Waals surface area (Å²) in [6.45, 7) is 1.14. The van der Waals surface area contributed by atoms with Crippen LogP contribution in [0.2, 0.25) is 0 Å². The molecule has 0 amide bonds. The molecule has 1 unspecified atom stereocenters. The predicted molar refractivity (Wildman–Crippen MR) is 72.0 cm³/mol. The van der Waals surface area contributed by atoms with E-state index in [9.17, 15) is 0 Å². The first kappa shape index (κ1) is 9.29. The Balaban J connectivity index is 1.79. The fourth-order valence-corrected chi connectivity index (χ4v) is 3.03. The van der Waals surface area contributed by atoms with Crippen molar-refractivity contribution in [2.75, 3.05) is 11.4 Å². The Morgan fingerprint density at radius 3 is 2.88 bits per heavy atom. The lowest BCUT2D eigenvalue weighted by Gasteiger charge is -2.23. The van der Waals surface area contributed by atoms with Crippen LogP contribution < -0.4 is 4.90 Å². The topological polar surface area (TPSA) is 3.01 Å². The Morgan fingerprint density at radius 1 is 1.06 bits per heavy atom. The number of rotatable bonds is 1. The first-order valence-corrected chi connectivity index (χ1v) is 6.33. The molecule has 4 rings (SSSR count). The molecule has 0 saturated carbocycles. The highest BCUT2D eigenvalue weighted by molar-refractivity contribution is 5.82. The van der Waals surface area contributed by atoms with Crippen LogP contribution in [0.25, 0.3) is 6.08 Å². The van der Waals surface area contributed by atoms with Gasteiger partial charge in [-0.15, -0.1) is 0 Å². The molecule has 0 N–H and O–H groups in total. The number of para-hydroxylation sites is 1. The van der Waals surface area contributed by atoms with Crippen molar-refractivity contribution in [2.45, 2.75) is 18.4 Å². The molecule has 2 heterocycles. The largest absolute Gasteiger partial charge is 0.353 e. The Bertz CT molecular complexity index is 565. The van der Waals surface area contributed by atoms with E-state index in [1.54, 1.807) is 0 Å². The van der Waals surface area contributed by atoms with Gasteiger partial charge >= 0.3 is 0 Å². The molecule has 0 bridgehead atoms. The van der Waals surface area contributed by atoms with Gasteiger partial charge in [-0.25, -0.2) is 0 Å². The zero-order chi connectivity index (χ0) is 11.3. The number of nitrogens with zero attached hydrogens (tertiary/aromatic N) is 1. The van der Waals surface area contributed by atoms with Crippen LogP contribution in [0.4, 0.5) is 5.69 Å². The Labute approximate surface area is 102 Å². The Morgan fingerprint density at radius 2 is 2.00 bits per heavy atom. The van der Waals surface area contributed by atoms with Gasteiger partial charge in [0, 0.05) is 5.69 Å². The fourth-order valence-electron chi connectivity index (χ4n) is 3.03. The molecule has 0 radical (unpaired) electrons. The van der Waals surface area contributed by atoms with Crippen molar-refractivity contribution in [3.63, 3.8) is 0 Å². The third-order valence-corrected chi connectivity index (χ3v) is 4.04.